The van der Waals surface area contributed by atoms with Crippen LogP contribution in [0.2, 0.25) is 0 Å². The molecule has 0 rings (SSSR count). The lowest BCUT2D eigenvalue weighted by atomic mass is 9.97. The summed E-state index contributed by atoms with van der Waals surface area (Å²) in [6.07, 6.45) is 0.0785. The number of rotatable bonds is 5. The molecular weight excluding hydrogens is 144 g/mol. The molecule has 3 nitrogen and oxygen atoms in total. The summed E-state index contributed by atoms with van der Waals surface area (Å²) in [6, 6.07) is 0. The zero-order chi connectivity index (χ0) is 8.85. The maximum Gasteiger partial charge on any atom is 0.0518 e. The van der Waals surface area contributed by atoms with Gasteiger partial charge < -0.3 is 15.3 Å². The first-order chi connectivity index (χ1) is 5.06. The van der Waals surface area contributed by atoms with Gasteiger partial charge in [-0.25, -0.2) is 0 Å². The fourth-order valence-corrected chi connectivity index (χ4v) is 1.05. The standard InChI is InChI=1S/C8H17O3/c1-6(10)3-8(5-9)4-7(2)11/h6-7,9-11H,3-5H2,1-2H3. The lowest BCUT2D eigenvalue weighted by molar-refractivity contribution is 0.146. The summed E-state index contributed by atoms with van der Waals surface area (Å²) in [5.74, 6) is 0.801. The number of aliphatic hydroxyl groups is 3. The van der Waals surface area contributed by atoms with Crippen molar-refractivity contribution in [3.05, 3.63) is 5.92 Å². The molecule has 0 saturated carbocycles. The average Bonchev–Trinajstić information content (AvgIpc) is 1.84. The van der Waals surface area contributed by atoms with E-state index in [9.17, 15) is 0 Å². The van der Waals surface area contributed by atoms with Crippen LogP contribution in [0.3, 0.4) is 0 Å². The molecule has 0 amide bonds. The zero-order valence-electron chi connectivity index (χ0n) is 7.12. The quantitative estimate of drug-likeness (QED) is 0.535. The van der Waals surface area contributed by atoms with Gasteiger partial charge in [-0.2, -0.15) is 0 Å². The van der Waals surface area contributed by atoms with E-state index in [0.29, 0.717) is 12.8 Å². The molecular formula is C8H17O3. The van der Waals surface area contributed by atoms with Crippen LogP contribution in [-0.4, -0.2) is 34.1 Å². The lowest BCUT2D eigenvalue weighted by Gasteiger charge is -2.16. The first kappa shape index (κ1) is 10.9. The number of hydrogen-bond donors (Lipinski definition) is 3. The highest BCUT2D eigenvalue weighted by molar-refractivity contribution is 4.91. The third kappa shape index (κ3) is 6.28. The number of hydrogen-bond acceptors (Lipinski definition) is 3. The van der Waals surface area contributed by atoms with Crippen LogP contribution in [0.25, 0.3) is 0 Å². The fourth-order valence-electron chi connectivity index (χ4n) is 1.05. The van der Waals surface area contributed by atoms with Gasteiger partial charge in [-0.3, -0.25) is 0 Å². The second-order valence-corrected chi connectivity index (χ2v) is 3.01. The van der Waals surface area contributed by atoms with Crippen LogP contribution >= 0.6 is 0 Å². The van der Waals surface area contributed by atoms with E-state index >= 15 is 0 Å². The molecule has 0 bridgehead atoms. The topological polar surface area (TPSA) is 60.7 Å². The Bertz CT molecular complexity index is 81.3. The summed E-state index contributed by atoms with van der Waals surface area (Å²) >= 11 is 0. The van der Waals surface area contributed by atoms with Crippen LogP contribution in [-0.2, 0) is 0 Å². The van der Waals surface area contributed by atoms with Crippen molar-refractivity contribution in [1.29, 1.82) is 0 Å². The van der Waals surface area contributed by atoms with E-state index in [0.717, 1.165) is 5.92 Å². The largest absolute Gasteiger partial charge is 0.396 e. The molecule has 2 atom stereocenters. The highest BCUT2D eigenvalue weighted by atomic mass is 16.3. The predicted molar refractivity (Wildman–Crippen MR) is 42.9 cm³/mol. The van der Waals surface area contributed by atoms with E-state index in [1.807, 2.05) is 0 Å². The van der Waals surface area contributed by atoms with E-state index in [2.05, 4.69) is 0 Å². The van der Waals surface area contributed by atoms with Crippen LogP contribution in [0.5, 0.6) is 0 Å². The zero-order valence-corrected chi connectivity index (χ0v) is 7.12. The van der Waals surface area contributed by atoms with E-state index in [-0.39, 0.29) is 6.61 Å². The van der Waals surface area contributed by atoms with Crippen molar-refractivity contribution in [2.75, 3.05) is 6.61 Å². The normalized spacial score (nSPS) is 16.9. The SMILES string of the molecule is CC(O)C[C](CO)CC(C)O. The molecule has 11 heavy (non-hydrogen) atoms. The van der Waals surface area contributed by atoms with Gasteiger partial charge in [0.25, 0.3) is 0 Å². The molecule has 0 aromatic carbocycles. The molecule has 0 aliphatic heterocycles. The smallest absolute Gasteiger partial charge is 0.0518 e. The molecule has 2 unspecified atom stereocenters. The fraction of sp³-hybridized carbons (Fsp3) is 0.875. The number of aliphatic hydroxyl groups excluding tert-OH is 3. The van der Waals surface area contributed by atoms with Gasteiger partial charge in [-0.1, -0.05) is 0 Å². The molecule has 0 aliphatic rings. The van der Waals surface area contributed by atoms with Crippen molar-refractivity contribution in [2.24, 2.45) is 0 Å². The highest BCUT2D eigenvalue weighted by Gasteiger charge is 2.13. The minimum atomic E-state index is -0.434. The summed E-state index contributed by atoms with van der Waals surface area (Å²) in [7, 11) is 0. The first-order valence-corrected chi connectivity index (χ1v) is 3.86. The van der Waals surface area contributed by atoms with E-state index in [4.69, 9.17) is 15.3 Å². The second-order valence-electron chi connectivity index (χ2n) is 3.01. The maximum atomic E-state index is 8.95. The third-order valence-electron chi connectivity index (χ3n) is 1.39. The molecule has 0 fully saturated rings. The Labute approximate surface area is 67.7 Å². The molecule has 0 saturated heterocycles. The van der Waals surface area contributed by atoms with Crippen LogP contribution in [0.4, 0.5) is 0 Å². The van der Waals surface area contributed by atoms with Crippen molar-refractivity contribution < 1.29 is 15.3 Å². The van der Waals surface area contributed by atoms with Gasteiger partial charge in [-0.15, -0.1) is 0 Å². The van der Waals surface area contributed by atoms with Crippen LogP contribution in [0, 0.1) is 5.92 Å². The lowest BCUT2D eigenvalue weighted by Crippen LogP contribution is -2.16. The van der Waals surface area contributed by atoms with E-state index in [1.165, 1.54) is 0 Å². The van der Waals surface area contributed by atoms with E-state index < -0.39 is 12.2 Å². The van der Waals surface area contributed by atoms with Crippen molar-refractivity contribution in [3.63, 3.8) is 0 Å². The summed E-state index contributed by atoms with van der Waals surface area (Å²) in [5.41, 5.74) is 0. The Balaban J connectivity index is 3.58. The maximum absolute atomic E-state index is 8.95. The highest BCUT2D eigenvalue weighted by Crippen LogP contribution is 2.15. The van der Waals surface area contributed by atoms with Crippen molar-refractivity contribution in [2.45, 2.75) is 38.9 Å². The van der Waals surface area contributed by atoms with Crippen molar-refractivity contribution in [1.82, 2.24) is 0 Å². The Hall–Kier alpha value is -0.120. The Morgan fingerprint density at radius 2 is 1.45 bits per heavy atom. The molecule has 67 valence electrons. The van der Waals surface area contributed by atoms with Gasteiger partial charge in [0.05, 0.1) is 12.2 Å². The van der Waals surface area contributed by atoms with Gasteiger partial charge in [0, 0.05) is 12.5 Å². The van der Waals surface area contributed by atoms with Gasteiger partial charge in [0.1, 0.15) is 0 Å². The Morgan fingerprint density at radius 3 is 1.64 bits per heavy atom. The summed E-state index contributed by atoms with van der Waals surface area (Å²) < 4.78 is 0. The monoisotopic (exact) mass is 161 g/mol. The van der Waals surface area contributed by atoms with Crippen LogP contribution in [0.15, 0.2) is 0 Å². The molecule has 0 aliphatic carbocycles. The van der Waals surface area contributed by atoms with Gasteiger partial charge >= 0.3 is 0 Å². The molecule has 0 heterocycles. The summed E-state index contributed by atoms with van der Waals surface area (Å²) in [6.45, 7) is 3.28. The molecule has 3 N–H and O–H groups in total. The van der Waals surface area contributed by atoms with Crippen LogP contribution < -0.4 is 0 Å². The van der Waals surface area contributed by atoms with E-state index in [1.54, 1.807) is 13.8 Å². The summed E-state index contributed by atoms with van der Waals surface area (Å²) in [5, 5.41) is 26.7. The van der Waals surface area contributed by atoms with Gasteiger partial charge in [0.15, 0.2) is 0 Å². The van der Waals surface area contributed by atoms with Crippen molar-refractivity contribution in [3.8, 4) is 0 Å². The molecule has 0 aromatic heterocycles. The molecule has 3 heteroatoms. The predicted octanol–water partition coefficient (Wildman–Crippen LogP) is 0.0950. The molecule has 0 aromatic rings. The molecule has 0 spiro atoms. The average molecular weight is 161 g/mol. The second kappa shape index (κ2) is 5.52. The Morgan fingerprint density at radius 1 is 1.09 bits per heavy atom. The summed E-state index contributed by atoms with van der Waals surface area (Å²) in [4.78, 5) is 0. The van der Waals surface area contributed by atoms with Crippen molar-refractivity contribution >= 4 is 0 Å². The van der Waals surface area contributed by atoms with Crippen LogP contribution in [0.1, 0.15) is 26.7 Å². The minimum absolute atomic E-state index is 0.0458. The van der Waals surface area contributed by atoms with Gasteiger partial charge in [0.2, 0.25) is 0 Å². The first-order valence-electron chi connectivity index (χ1n) is 3.86. The Kier molecular flexibility index (Phi) is 5.46. The minimum Gasteiger partial charge on any atom is -0.396 e. The molecule has 1 radical (unpaired) electrons. The van der Waals surface area contributed by atoms with Gasteiger partial charge in [-0.05, 0) is 26.7 Å². The third-order valence-corrected chi connectivity index (χ3v) is 1.39.